The maximum absolute atomic E-state index is 12.0. The lowest BCUT2D eigenvalue weighted by Crippen LogP contribution is -2.32. The van der Waals surface area contributed by atoms with Gasteiger partial charge in [0, 0.05) is 15.9 Å². The van der Waals surface area contributed by atoms with Crippen LogP contribution in [0.4, 0.5) is 0 Å². The molecule has 0 aromatic heterocycles. The molecule has 0 unspecified atom stereocenters. The molecule has 0 fully saturated rings. The fourth-order valence-corrected chi connectivity index (χ4v) is 3.36. The monoisotopic (exact) mass is 402 g/mol. The number of rotatable bonds is 5. The molecule has 0 spiro atoms. The summed E-state index contributed by atoms with van der Waals surface area (Å²) in [6.07, 6.45) is 0. The Bertz CT molecular complexity index is 580. The fourth-order valence-electron chi connectivity index (χ4n) is 1.43. The molecule has 3 nitrogen and oxygen atoms in total. The van der Waals surface area contributed by atoms with E-state index in [-0.39, 0.29) is 12.4 Å². The summed E-state index contributed by atoms with van der Waals surface area (Å²) in [5, 5.41) is 1.41. The van der Waals surface area contributed by atoms with Gasteiger partial charge >= 0.3 is 0 Å². The molecule has 7 heteroatoms. The van der Waals surface area contributed by atoms with E-state index in [9.17, 15) is 8.42 Å². The summed E-state index contributed by atoms with van der Waals surface area (Å²) in [6, 6.07) is 3.30. The zero-order valence-corrected chi connectivity index (χ0v) is 15.5. The van der Waals surface area contributed by atoms with Gasteiger partial charge < -0.3 is 4.74 Å². The fraction of sp³-hybridized carbons (Fsp3) is 0.538. The lowest BCUT2D eigenvalue weighted by molar-refractivity contribution is 0.337. The van der Waals surface area contributed by atoms with Gasteiger partial charge in [0.05, 0.1) is 15.5 Å². The summed E-state index contributed by atoms with van der Waals surface area (Å²) < 4.78 is 28.7. The first-order valence-electron chi connectivity index (χ1n) is 5.97. The molecule has 1 aromatic carbocycles. The van der Waals surface area contributed by atoms with Gasteiger partial charge in [0.1, 0.15) is 12.4 Å². The second-order valence-corrected chi connectivity index (χ2v) is 9.56. The van der Waals surface area contributed by atoms with Crippen molar-refractivity contribution in [1.29, 1.82) is 0 Å². The van der Waals surface area contributed by atoms with E-state index >= 15 is 0 Å². The first-order valence-corrected chi connectivity index (χ1v) is 9.50. The van der Waals surface area contributed by atoms with Crippen LogP contribution in [0.3, 0.4) is 0 Å². The van der Waals surface area contributed by atoms with Crippen LogP contribution in [0.1, 0.15) is 26.3 Å². The Balaban J connectivity index is 2.82. The third kappa shape index (κ3) is 4.52. The Kier molecular flexibility index (Phi) is 6.20. The highest BCUT2D eigenvalue weighted by Gasteiger charge is 2.28. The zero-order valence-electron chi connectivity index (χ0n) is 11.5. The van der Waals surface area contributed by atoms with Gasteiger partial charge in [-0.1, -0.05) is 39.1 Å². The smallest absolute Gasteiger partial charge is 0.158 e. The van der Waals surface area contributed by atoms with Gasteiger partial charge in [0.2, 0.25) is 0 Å². The van der Waals surface area contributed by atoms with Crippen molar-refractivity contribution < 1.29 is 13.2 Å². The lowest BCUT2D eigenvalue weighted by Gasteiger charge is -2.19. The van der Waals surface area contributed by atoms with Crippen LogP contribution in [0.2, 0.25) is 10.0 Å². The van der Waals surface area contributed by atoms with E-state index in [1.54, 1.807) is 32.9 Å². The zero-order chi connectivity index (χ0) is 15.6. The van der Waals surface area contributed by atoms with Crippen LogP contribution in [-0.2, 0) is 15.2 Å². The number of hydrogen-bond donors (Lipinski definition) is 0. The predicted molar refractivity (Wildman–Crippen MR) is 88.1 cm³/mol. The molecule has 0 heterocycles. The predicted octanol–water partition coefficient (Wildman–Crippen LogP) is 4.48. The molecule has 1 rings (SSSR count). The van der Waals surface area contributed by atoms with E-state index in [1.807, 2.05) is 0 Å². The number of hydrogen-bond acceptors (Lipinski definition) is 3. The third-order valence-electron chi connectivity index (χ3n) is 2.76. The summed E-state index contributed by atoms with van der Waals surface area (Å²) in [4.78, 5) is 0. The van der Waals surface area contributed by atoms with Gasteiger partial charge in [0.15, 0.2) is 9.84 Å². The second-order valence-electron chi connectivity index (χ2n) is 5.29. The Morgan fingerprint density at radius 3 is 2.35 bits per heavy atom. The second kappa shape index (κ2) is 6.86. The third-order valence-corrected chi connectivity index (χ3v) is 6.43. The molecule has 20 heavy (non-hydrogen) atoms. The Labute approximate surface area is 138 Å². The summed E-state index contributed by atoms with van der Waals surface area (Å²) >= 11 is 15.3. The van der Waals surface area contributed by atoms with Crippen LogP contribution in [0.5, 0.6) is 5.75 Å². The highest BCUT2D eigenvalue weighted by atomic mass is 79.9. The standard InChI is InChI=1S/C13H17BrCl2O3S/c1-13(2,3)20(17,18)5-4-19-12-9(8-14)6-10(15)7-11(12)16/h6-7H,4-5,8H2,1-3H3. The Hall–Kier alpha value is 0.0300. The minimum atomic E-state index is -3.21. The topological polar surface area (TPSA) is 43.4 Å². The quantitative estimate of drug-likeness (QED) is 0.680. The number of halogens is 3. The first-order chi connectivity index (χ1) is 9.08. The molecule has 0 aliphatic carbocycles. The van der Waals surface area contributed by atoms with Gasteiger partial charge in [-0.15, -0.1) is 0 Å². The van der Waals surface area contributed by atoms with Crippen molar-refractivity contribution in [3.63, 3.8) is 0 Å². The normalized spacial score (nSPS) is 12.5. The Morgan fingerprint density at radius 2 is 1.85 bits per heavy atom. The molecule has 0 aliphatic rings. The van der Waals surface area contributed by atoms with Crippen molar-refractivity contribution in [2.45, 2.75) is 30.8 Å². The van der Waals surface area contributed by atoms with Gasteiger partial charge in [-0.25, -0.2) is 8.42 Å². The minimum absolute atomic E-state index is 0.0565. The number of benzene rings is 1. The van der Waals surface area contributed by atoms with E-state index in [0.717, 1.165) is 5.56 Å². The van der Waals surface area contributed by atoms with Crippen molar-refractivity contribution >= 4 is 49.0 Å². The van der Waals surface area contributed by atoms with E-state index in [2.05, 4.69) is 15.9 Å². The molecule has 0 amide bonds. The maximum Gasteiger partial charge on any atom is 0.158 e. The molecule has 0 saturated heterocycles. The average Bonchev–Trinajstić information content (AvgIpc) is 2.29. The highest BCUT2D eigenvalue weighted by molar-refractivity contribution is 9.08. The number of sulfone groups is 1. The molecular weight excluding hydrogens is 387 g/mol. The molecule has 1 aromatic rings. The van der Waals surface area contributed by atoms with E-state index < -0.39 is 14.6 Å². The van der Waals surface area contributed by atoms with Crippen LogP contribution >= 0.6 is 39.1 Å². The average molecular weight is 404 g/mol. The number of alkyl halides is 1. The first kappa shape index (κ1) is 18.1. The van der Waals surface area contributed by atoms with Crippen molar-refractivity contribution in [2.75, 3.05) is 12.4 Å². The molecule has 0 bridgehead atoms. The van der Waals surface area contributed by atoms with Crippen LogP contribution in [0.15, 0.2) is 12.1 Å². The lowest BCUT2D eigenvalue weighted by atomic mass is 10.2. The van der Waals surface area contributed by atoms with Gasteiger partial charge in [0.25, 0.3) is 0 Å². The molecule has 0 aliphatic heterocycles. The SMILES string of the molecule is CC(C)(C)S(=O)(=O)CCOc1c(Cl)cc(Cl)cc1CBr. The molecule has 114 valence electrons. The van der Waals surface area contributed by atoms with Crippen LogP contribution in [0.25, 0.3) is 0 Å². The summed E-state index contributed by atoms with van der Waals surface area (Å²) in [7, 11) is -3.21. The van der Waals surface area contributed by atoms with Crippen molar-refractivity contribution in [3.8, 4) is 5.75 Å². The number of ether oxygens (including phenoxy) is 1. The van der Waals surface area contributed by atoms with Crippen LogP contribution in [-0.4, -0.2) is 25.5 Å². The van der Waals surface area contributed by atoms with Crippen LogP contribution < -0.4 is 4.74 Å². The van der Waals surface area contributed by atoms with Crippen molar-refractivity contribution in [2.24, 2.45) is 0 Å². The van der Waals surface area contributed by atoms with Gasteiger partial charge in [-0.3, -0.25) is 0 Å². The maximum atomic E-state index is 12.0. The van der Waals surface area contributed by atoms with E-state index in [0.29, 0.717) is 21.1 Å². The van der Waals surface area contributed by atoms with E-state index in [1.165, 1.54) is 0 Å². The van der Waals surface area contributed by atoms with Crippen molar-refractivity contribution in [3.05, 3.63) is 27.7 Å². The molecule has 0 atom stereocenters. The van der Waals surface area contributed by atoms with Gasteiger partial charge in [-0.2, -0.15) is 0 Å². The highest BCUT2D eigenvalue weighted by Crippen LogP contribution is 2.33. The molecular formula is C13H17BrCl2O3S. The summed E-state index contributed by atoms with van der Waals surface area (Å²) in [5.74, 6) is 0.411. The van der Waals surface area contributed by atoms with E-state index in [4.69, 9.17) is 27.9 Å². The molecule has 0 radical (unpaired) electrons. The largest absolute Gasteiger partial charge is 0.491 e. The summed E-state index contributed by atoms with van der Waals surface area (Å²) in [6.45, 7) is 5.06. The van der Waals surface area contributed by atoms with Gasteiger partial charge in [-0.05, 0) is 32.9 Å². The summed E-state index contributed by atoms with van der Waals surface area (Å²) in [5.41, 5.74) is 0.788. The molecule has 0 N–H and O–H groups in total. The Morgan fingerprint density at radius 1 is 1.25 bits per heavy atom. The van der Waals surface area contributed by atoms with Crippen molar-refractivity contribution in [1.82, 2.24) is 0 Å². The minimum Gasteiger partial charge on any atom is -0.491 e. The molecule has 0 saturated carbocycles. The van der Waals surface area contributed by atoms with Crippen LogP contribution in [0, 0.1) is 0 Å².